The highest BCUT2D eigenvalue weighted by atomic mass is 32.2. The van der Waals surface area contributed by atoms with Crippen LogP contribution in [-0.4, -0.2) is 48.2 Å². The molecule has 1 atom stereocenters. The Kier molecular flexibility index (Phi) is 6.00. The van der Waals surface area contributed by atoms with Crippen LogP contribution in [-0.2, 0) is 10.5 Å². The van der Waals surface area contributed by atoms with Crippen molar-refractivity contribution in [2.24, 2.45) is 0 Å². The number of nitrogens with zero attached hydrogens (tertiary/aromatic N) is 1. The van der Waals surface area contributed by atoms with E-state index < -0.39 is 5.97 Å². The number of likely N-dealkylation sites (N-methyl/N-ethyl adjacent to an activating group) is 1. The Morgan fingerprint density at radius 1 is 1.27 bits per heavy atom. The first kappa shape index (κ1) is 18.5. The third-order valence-corrected chi connectivity index (χ3v) is 5.37. The zero-order valence-corrected chi connectivity index (χ0v) is 15.3. The largest absolute Gasteiger partial charge is 0.478 e. The lowest BCUT2D eigenvalue weighted by molar-refractivity contribution is 0.0584. The van der Waals surface area contributed by atoms with Crippen LogP contribution in [0.1, 0.15) is 39.3 Å². The first-order valence-electron chi connectivity index (χ1n) is 8.45. The molecular weight excluding hydrogens is 354 g/mol. The van der Waals surface area contributed by atoms with Gasteiger partial charge in [0.15, 0.2) is 0 Å². The van der Waals surface area contributed by atoms with E-state index in [4.69, 9.17) is 14.3 Å². The second kappa shape index (κ2) is 8.42. The van der Waals surface area contributed by atoms with Crippen LogP contribution in [0.4, 0.5) is 0 Å². The minimum atomic E-state index is -1.02. The zero-order chi connectivity index (χ0) is 18.5. The molecule has 0 spiro atoms. The van der Waals surface area contributed by atoms with E-state index in [1.54, 1.807) is 18.0 Å². The lowest BCUT2D eigenvalue weighted by atomic mass is 10.2. The quantitative estimate of drug-likeness (QED) is 0.746. The summed E-state index contributed by atoms with van der Waals surface area (Å²) in [6.07, 6.45) is 3.48. The molecule has 0 aliphatic carbocycles. The maximum Gasteiger partial charge on any atom is 0.339 e. The number of furan rings is 1. The van der Waals surface area contributed by atoms with Crippen molar-refractivity contribution in [3.05, 3.63) is 53.5 Å². The van der Waals surface area contributed by atoms with Crippen molar-refractivity contribution in [3.63, 3.8) is 0 Å². The van der Waals surface area contributed by atoms with Gasteiger partial charge in [0.05, 0.1) is 23.7 Å². The van der Waals surface area contributed by atoms with Crippen molar-refractivity contribution in [2.75, 3.05) is 20.2 Å². The molecule has 1 saturated heterocycles. The molecule has 0 bridgehead atoms. The highest BCUT2D eigenvalue weighted by molar-refractivity contribution is 7.98. The number of ether oxygens (including phenoxy) is 1. The van der Waals surface area contributed by atoms with Crippen molar-refractivity contribution in [3.8, 4) is 0 Å². The maximum atomic E-state index is 12.8. The van der Waals surface area contributed by atoms with Crippen molar-refractivity contribution < 1.29 is 23.8 Å². The number of aromatic carboxylic acids is 1. The molecule has 0 radical (unpaired) electrons. The Morgan fingerprint density at radius 2 is 2.08 bits per heavy atom. The number of benzene rings is 1. The van der Waals surface area contributed by atoms with Gasteiger partial charge in [-0.3, -0.25) is 4.79 Å². The standard InChI is InChI=1S/C19H21NO5S/c1-20(11-13-5-4-9-24-13)18(21)15-6-2-3-7-17(15)26-12-16-14(19(22)23)8-10-25-16/h2-3,6-8,10,13H,4-5,9,11-12H2,1H3,(H,22,23). The monoisotopic (exact) mass is 375 g/mol. The van der Waals surface area contributed by atoms with E-state index in [-0.39, 0.29) is 17.6 Å². The van der Waals surface area contributed by atoms with E-state index in [1.165, 1.54) is 24.1 Å². The minimum absolute atomic E-state index is 0.0681. The zero-order valence-electron chi connectivity index (χ0n) is 14.5. The number of hydrogen-bond donors (Lipinski definition) is 1. The summed E-state index contributed by atoms with van der Waals surface area (Å²) >= 11 is 1.39. The molecule has 26 heavy (non-hydrogen) atoms. The fourth-order valence-corrected chi connectivity index (χ4v) is 3.93. The summed E-state index contributed by atoms with van der Waals surface area (Å²) in [5, 5.41) is 9.16. The second-order valence-corrected chi connectivity index (χ2v) is 7.19. The summed E-state index contributed by atoms with van der Waals surface area (Å²) in [4.78, 5) is 26.5. The van der Waals surface area contributed by atoms with Gasteiger partial charge in [-0.2, -0.15) is 0 Å². The third-order valence-electron chi connectivity index (χ3n) is 4.30. The van der Waals surface area contributed by atoms with Gasteiger partial charge in [-0.25, -0.2) is 4.79 Å². The lowest BCUT2D eigenvalue weighted by Crippen LogP contribution is -2.34. The van der Waals surface area contributed by atoms with Crippen LogP contribution in [0.3, 0.4) is 0 Å². The summed E-state index contributed by atoms with van der Waals surface area (Å²) in [5.41, 5.74) is 0.748. The number of rotatable bonds is 7. The van der Waals surface area contributed by atoms with Crippen molar-refractivity contribution in [1.82, 2.24) is 4.90 Å². The van der Waals surface area contributed by atoms with Gasteiger partial charge in [0.1, 0.15) is 11.3 Å². The number of carboxylic acids is 1. The van der Waals surface area contributed by atoms with Gasteiger partial charge in [0.2, 0.25) is 0 Å². The summed E-state index contributed by atoms with van der Waals surface area (Å²) < 4.78 is 10.9. The highest BCUT2D eigenvalue weighted by Crippen LogP contribution is 2.29. The summed E-state index contributed by atoms with van der Waals surface area (Å²) in [6, 6.07) is 8.77. The summed E-state index contributed by atoms with van der Waals surface area (Å²) in [6.45, 7) is 1.33. The van der Waals surface area contributed by atoms with E-state index in [2.05, 4.69) is 0 Å². The van der Waals surface area contributed by atoms with Crippen LogP contribution >= 0.6 is 11.8 Å². The predicted molar refractivity (Wildman–Crippen MR) is 97.6 cm³/mol. The maximum absolute atomic E-state index is 12.8. The van der Waals surface area contributed by atoms with E-state index in [1.807, 2.05) is 18.2 Å². The molecule has 2 heterocycles. The topological polar surface area (TPSA) is 80.0 Å². The molecule has 1 aliphatic heterocycles. The fraction of sp³-hybridized carbons (Fsp3) is 0.368. The number of carbonyl (C=O) groups is 2. The van der Waals surface area contributed by atoms with Gasteiger partial charge in [0.25, 0.3) is 5.91 Å². The molecule has 1 aliphatic rings. The second-order valence-electron chi connectivity index (χ2n) is 6.17. The molecular formula is C19H21NO5S. The Labute approximate surface area is 156 Å². The van der Waals surface area contributed by atoms with E-state index >= 15 is 0 Å². The molecule has 138 valence electrons. The molecule has 0 saturated carbocycles. The first-order valence-corrected chi connectivity index (χ1v) is 9.43. The number of amides is 1. The van der Waals surface area contributed by atoms with Gasteiger partial charge < -0.3 is 19.2 Å². The molecule has 6 nitrogen and oxygen atoms in total. The number of hydrogen-bond acceptors (Lipinski definition) is 5. The molecule has 1 amide bonds. The Morgan fingerprint density at radius 3 is 2.81 bits per heavy atom. The predicted octanol–water partition coefficient (Wildman–Crippen LogP) is 3.52. The normalized spacial score (nSPS) is 16.6. The van der Waals surface area contributed by atoms with Crippen LogP contribution in [0.15, 0.2) is 45.9 Å². The molecule has 1 unspecified atom stereocenters. The molecule has 1 N–H and O–H groups in total. The van der Waals surface area contributed by atoms with Gasteiger partial charge >= 0.3 is 5.97 Å². The summed E-state index contributed by atoms with van der Waals surface area (Å²) in [5.74, 6) is -0.358. The minimum Gasteiger partial charge on any atom is -0.478 e. The van der Waals surface area contributed by atoms with Crippen LogP contribution in [0.2, 0.25) is 0 Å². The van der Waals surface area contributed by atoms with Crippen LogP contribution < -0.4 is 0 Å². The molecule has 1 fully saturated rings. The van der Waals surface area contributed by atoms with Crippen molar-refractivity contribution in [2.45, 2.75) is 29.6 Å². The molecule has 3 rings (SSSR count). The Hall–Kier alpha value is -2.25. The number of carboxylic acid groups (broad SMARTS) is 1. The molecule has 2 aromatic rings. The fourth-order valence-electron chi connectivity index (χ4n) is 2.94. The van der Waals surface area contributed by atoms with E-state index in [0.717, 1.165) is 24.3 Å². The van der Waals surface area contributed by atoms with Crippen LogP contribution in [0, 0.1) is 0 Å². The summed E-state index contributed by atoms with van der Waals surface area (Å²) in [7, 11) is 1.78. The van der Waals surface area contributed by atoms with Gasteiger partial charge in [-0.05, 0) is 31.0 Å². The highest BCUT2D eigenvalue weighted by Gasteiger charge is 2.22. The third kappa shape index (κ3) is 4.28. The number of carbonyl (C=O) groups excluding carboxylic acids is 1. The number of thioether (sulfide) groups is 1. The first-order chi connectivity index (χ1) is 12.6. The van der Waals surface area contributed by atoms with Crippen LogP contribution in [0.25, 0.3) is 0 Å². The van der Waals surface area contributed by atoms with Crippen molar-refractivity contribution in [1.29, 1.82) is 0 Å². The van der Waals surface area contributed by atoms with Gasteiger partial charge in [-0.1, -0.05) is 12.1 Å². The van der Waals surface area contributed by atoms with E-state index in [9.17, 15) is 9.59 Å². The van der Waals surface area contributed by atoms with E-state index in [0.29, 0.717) is 23.6 Å². The van der Waals surface area contributed by atoms with Gasteiger partial charge in [0, 0.05) is 25.1 Å². The van der Waals surface area contributed by atoms with Crippen LogP contribution in [0.5, 0.6) is 0 Å². The molecule has 1 aromatic heterocycles. The Bertz CT molecular complexity index is 782. The average molecular weight is 375 g/mol. The Balaban J connectivity index is 1.70. The molecule has 1 aromatic carbocycles. The lowest BCUT2D eigenvalue weighted by Gasteiger charge is -2.22. The average Bonchev–Trinajstić information content (AvgIpc) is 3.31. The van der Waals surface area contributed by atoms with Gasteiger partial charge in [-0.15, -0.1) is 11.8 Å². The SMILES string of the molecule is CN(CC1CCCO1)C(=O)c1ccccc1SCc1occc1C(=O)O. The smallest absolute Gasteiger partial charge is 0.339 e. The molecule has 7 heteroatoms. The van der Waals surface area contributed by atoms with Crippen molar-refractivity contribution >= 4 is 23.6 Å².